The number of aryl methyl sites for hydroxylation is 1. The molecule has 6 nitrogen and oxygen atoms in total. The average Bonchev–Trinajstić information content (AvgIpc) is 2.92. The summed E-state index contributed by atoms with van der Waals surface area (Å²) in [7, 11) is 1.76. The predicted octanol–water partition coefficient (Wildman–Crippen LogP) is 2.84. The number of para-hydroxylation sites is 1. The maximum Gasteiger partial charge on any atom is 0.237 e. The van der Waals surface area contributed by atoms with Gasteiger partial charge < -0.3 is 5.32 Å². The van der Waals surface area contributed by atoms with Crippen LogP contribution >= 0.6 is 11.8 Å². The van der Waals surface area contributed by atoms with Crippen molar-refractivity contribution in [3.63, 3.8) is 0 Å². The third-order valence-corrected chi connectivity index (χ3v) is 4.72. The van der Waals surface area contributed by atoms with Gasteiger partial charge in [-0.15, -0.1) is 5.10 Å². The van der Waals surface area contributed by atoms with Gasteiger partial charge >= 0.3 is 0 Å². The maximum absolute atomic E-state index is 12.4. The summed E-state index contributed by atoms with van der Waals surface area (Å²) in [6.07, 6.45) is 1.03. The van der Waals surface area contributed by atoms with E-state index in [0.29, 0.717) is 11.1 Å². The van der Waals surface area contributed by atoms with Gasteiger partial charge in [-0.3, -0.25) is 4.79 Å². The number of nitrogens with one attached hydrogen (secondary N) is 1. The van der Waals surface area contributed by atoms with E-state index < -0.39 is 0 Å². The SMILES string of the molecule is CC[C@H](C)c1ccccc1NC(=O)[C@H](C)Sc1nnnn1C. The van der Waals surface area contributed by atoms with E-state index in [4.69, 9.17) is 0 Å². The average molecular weight is 319 g/mol. The molecule has 1 aromatic carbocycles. The zero-order chi connectivity index (χ0) is 16.1. The summed E-state index contributed by atoms with van der Waals surface area (Å²) in [4.78, 5) is 12.4. The van der Waals surface area contributed by atoms with Crippen molar-refractivity contribution in [2.45, 2.75) is 43.5 Å². The van der Waals surface area contributed by atoms with Crippen LogP contribution in [0.3, 0.4) is 0 Å². The van der Waals surface area contributed by atoms with Crippen LogP contribution in [0.1, 0.15) is 38.7 Å². The van der Waals surface area contributed by atoms with E-state index in [2.05, 4.69) is 40.8 Å². The lowest BCUT2D eigenvalue weighted by Gasteiger charge is -2.17. The van der Waals surface area contributed by atoms with Gasteiger partial charge in [0.1, 0.15) is 0 Å². The molecule has 1 heterocycles. The largest absolute Gasteiger partial charge is 0.325 e. The van der Waals surface area contributed by atoms with Crippen molar-refractivity contribution in [3.8, 4) is 0 Å². The third-order valence-electron chi connectivity index (χ3n) is 3.59. The molecule has 1 amide bonds. The molecule has 2 aromatic rings. The first-order chi connectivity index (χ1) is 10.5. The number of anilines is 1. The van der Waals surface area contributed by atoms with E-state index in [9.17, 15) is 4.79 Å². The number of hydrogen-bond donors (Lipinski definition) is 1. The minimum Gasteiger partial charge on any atom is -0.325 e. The quantitative estimate of drug-likeness (QED) is 0.829. The first kappa shape index (κ1) is 16.5. The number of benzene rings is 1. The molecule has 118 valence electrons. The molecule has 0 saturated heterocycles. The van der Waals surface area contributed by atoms with Crippen LogP contribution < -0.4 is 5.32 Å². The second-order valence-electron chi connectivity index (χ2n) is 5.23. The van der Waals surface area contributed by atoms with E-state index in [1.807, 2.05) is 25.1 Å². The molecule has 0 aliphatic carbocycles. The molecule has 0 aliphatic rings. The summed E-state index contributed by atoms with van der Waals surface area (Å²) in [5, 5.41) is 14.6. The smallest absolute Gasteiger partial charge is 0.237 e. The lowest BCUT2D eigenvalue weighted by atomic mass is 9.97. The Morgan fingerprint density at radius 1 is 1.36 bits per heavy atom. The lowest BCUT2D eigenvalue weighted by Crippen LogP contribution is -2.23. The molecule has 22 heavy (non-hydrogen) atoms. The summed E-state index contributed by atoms with van der Waals surface area (Å²) < 4.78 is 1.56. The Morgan fingerprint density at radius 2 is 2.09 bits per heavy atom. The van der Waals surface area contributed by atoms with E-state index in [-0.39, 0.29) is 11.2 Å². The highest BCUT2D eigenvalue weighted by Gasteiger charge is 2.19. The number of carbonyl (C=O) groups is 1. The van der Waals surface area contributed by atoms with Gasteiger partial charge in [0.05, 0.1) is 5.25 Å². The molecule has 0 spiro atoms. The Kier molecular flexibility index (Phi) is 5.54. The van der Waals surface area contributed by atoms with Crippen LogP contribution in [0.5, 0.6) is 0 Å². The Morgan fingerprint density at radius 3 is 2.73 bits per heavy atom. The molecular weight excluding hydrogens is 298 g/mol. The Labute approximate surface area is 134 Å². The van der Waals surface area contributed by atoms with Gasteiger partial charge in [-0.25, -0.2) is 4.68 Å². The van der Waals surface area contributed by atoms with Gasteiger partial charge in [-0.05, 0) is 41.3 Å². The summed E-state index contributed by atoms with van der Waals surface area (Å²) in [5.74, 6) is 0.353. The van der Waals surface area contributed by atoms with Crippen LogP contribution in [0.15, 0.2) is 29.4 Å². The maximum atomic E-state index is 12.4. The number of aromatic nitrogens is 4. The molecule has 0 radical (unpaired) electrons. The van der Waals surface area contributed by atoms with E-state index in [0.717, 1.165) is 17.7 Å². The van der Waals surface area contributed by atoms with Crippen molar-refractivity contribution < 1.29 is 4.79 Å². The highest BCUT2D eigenvalue weighted by molar-refractivity contribution is 8.00. The molecule has 0 saturated carbocycles. The summed E-state index contributed by atoms with van der Waals surface area (Å²) in [5.41, 5.74) is 2.04. The Hall–Kier alpha value is -1.89. The zero-order valence-corrected chi connectivity index (χ0v) is 14.1. The zero-order valence-electron chi connectivity index (χ0n) is 13.3. The van der Waals surface area contributed by atoms with Gasteiger partial charge in [0.2, 0.25) is 11.1 Å². The molecule has 0 bridgehead atoms. The monoisotopic (exact) mass is 319 g/mol. The van der Waals surface area contributed by atoms with Gasteiger partial charge in [0.25, 0.3) is 0 Å². The molecule has 0 fully saturated rings. The summed E-state index contributed by atoms with van der Waals surface area (Å²) in [6.45, 7) is 6.15. The van der Waals surface area contributed by atoms with Crippen LogP contribution in [0.25, 0.3) is 0 Å². The summed E-state index contributed by atoms with van der Waals surface area (Å²) >= 11 is 1.34. The number of nitrogens with zero attached hydrogens (tertiary/aromatic N) is 4. The fourth-order valence-electron chi connectivity index (χ4n) is 2.03. The second-order valence-corrected chi connectivity index (χ2v) is 6.54. The third kappa shape index (κ3) is 3.85. The fraction of sp³-hybridized carbons (Fsp3) is 0.467. The van der Waals surface area contributed by atoms with Crippen LogP contribution in [0.2, 0.25) is 0 Å². The molecule has 1 aromatic heterocycles. The molecule has 2 rings (SSSR count). The number of hydrogen-bond acceptors (Lipinski definition) is 5. The van der Waals surface area contributed by atoms with E-state index in [1.165, 1.54) is 11.8 Å². The minimum absolute atomic E-state index is 0.0521. The number of thioether (sulfide) groups is 1. The van der Waals surface area contributed by atoms with Crippen molar-refractivity contribution >= 4 is 23.4 Å². The molecule has 1 N–H and O–H groups in total. The van der Waals surface area contributed by atoms with Crippen LogP contribution in [0.4, 0.5) is 5.69 Å². The van der Waals surface area contributed by atoms with Gasteiger partial charge in [0.15, 0.2) is 0 Å². The van der Waals surface area contributed by atoms with Gasteiger partial charge in [-0.1, -0.05) is 43.8 Å². The fourth-order valence-corrected chi connectivity index (χ4v) is 2.78. The van der Waals surface area contributed by atoms with E-state index in [1.54, 1.807) is 11.7 Å². The van der Waals surface area contributed by atoms with Crippen molar-refractivity contribution in [2.24, 2.45) is 7.05 Å². The molecular formula is C15H21N5OS. The molecule has 0 aliphatic heterocycles. The first-order valence-electron chi connectivity index (χ1n) is 7.31. The highest BCUT2D eigenvalue weighted by atomic mass is 32.2. The van der Waals surface area contributed by atoms with Crippen LogP contribution in [0, 0.1) is 0 Å². The van der Waals surface area contributed by atoms with E-state index >= 15 is 0 Å². The highest BCUT2D eigenvalue weighted by Crippen LogP contribution is 2.27. The summed E-state index contributed by atoms with van der Waals surface area (Å²) in [6, 6.07) is 7.95. The van der Waals surface area contributed by atoms with Crippen molar-refractivity contribution in [3.05, 3.63) is 29.8 Å². The lowest BCUT2D eigenvalue weighted by molar-refractivity contribution is -0.115. The molecule has 0 unspecified atom stereocenters. The van der Waals surface area contributed by atoms with Crippen molar-refractivity contribution in [2.75, 3.05) is 5.32 Å². The van der Waals surface area contributed by atoms with Gasteiger partial charge in [0, 0.05) is 12.7 Å². The molecule has 2 atom stereocenters. The number of tetrazole rings is 1. The van der Waals surface area contributed by atoms with Crippen LogP contribution in [-0.4, -0.2) is 31.4 Å². The second kappa shape index (κ2) is 7.40. The minimum atomic E-state index is -0.283. The Bertz CT molecular complexity index is 642. The number of carbonyl (C=O) groups excluding carboxylic acids is 1. The molecule has 7 heteroatoms. The van der Waals surface area contributed by atoms with Crippen molar-refractivity contribution in [1.82, 2.24) is 20.2 Å². The number of rotatable bonds is 6. The predicted molar refractivity (Wildman–Crippen MR) is 87.9 cm³/mol. The standard InChI is InChI=1S/C15H21N5OS/c1-5-10(2)12-8-6-7-9-13(12)16-14(21)11(3)22-15-17-18-19-20(15)4/h6-11H,5H2,1-4H3,(H,16,21)/t10-,11-/m0/s1. The topological polar surface area (TPSA) is 72.7 Å². The van der Waals surface area contributed by atoms with Gasteiger partial charge in [-0.2, -0.15) is 0 Å². The Balaban J connectivity index is 2.07. The first-order valence-corrected chi connectivity index (χ1v) is 8.19. The van der Waals surface area contributed by atoms with Crippen molar-refractivity contribution in [1.29, 1.82) is 0 Å². The normalized spacial score (nSPS) is 13.6. The number of amides is 1. The van der Waals surface area contributed by atoms with Crippen LogP contribution in [-0.2, 0) is 11.8 Å².